The monoisotopic (exact) mass is 395 g/mol. The lowest BCUT2D eigenvalue weighted by Gasteiger charge is -2.17. The fourth-order valence-corrected chi connectivity index (χ4v) is 2.66. The highest BCUT2D eigenvalue weighted by Crippen LogP contribution is 2.33. The van der Waals surface area contributed by atoms with Gasteiger partial charge < -0.3 is 15.2 Å². The molecule has 1 aliphatic rings. The van der Waals surface area contributed by atoms with Crippen LogP contribution in [0.5, 0.6) is 0 Å². The number of nitrogens with one attached hydrogen (secondary N) is 2. The third-order valence-electron chi connectivity index (χ3n) is 4.98. The molecule has 1 fully saturated rings. The Labute approximate surface area is 161 Å². The van der Waals surface area contributed by atoms with Gasteiger partial charge in [0.25, 0.3) is 5.91 Å². The first-order valence-corrected chi connectivity index (χ1v) is 9.37. The minimum absolute atomic E-state index is 0.0528. The summed E-state index contributed by atoms with van der Waals surface area (Å²) in [5.41, 5.74) is 0.428. The summed E-state index contributed by atoms with van der Waals surface area (Å²) in [7, 11) is 0. The Morgan fingerprint density at radius 3 is 2.39 bits per heavy atom. The number of alkyl halides is 3. The first-order valence-electron chi connectivity index (χ1n) is 9.37. The fourth-order valence-electron chi connectivity index (χ4n) is 2.66. The highest BCUT2D eigenvalue weighted by molar-refractivity contribution is 5.95. The number of hydrogen-bond donors (Lipinski definition) is 2. The largest absolute Gasteiger partial charge is 0.416 e. The second-order valence-electron chi connectivity index (χ2n) is 7.58. The summed E-state index contributed by atoms with van der Waals surface area (Å²) in [4.78, 5) is 12.7. The van der Waals surface area contributed by atoms with Crippen molar-refractivity contribution >= 4 is 5.91 Å². The van der Waals surface area contributed by atoms with Gasteiger partial charge in [0.15, 0.2) is 11.5 Å². The number of aromatic nitrogens is 1. The number of rotatable bonds is 7. The Morgan fingerprint density at radius 1 is 1.21 bits per heavy atom. The second kappa shape index (κ2) is 7.95. The molecule has 2 N–H and O–H groups in total. The van der Waals surface area contributed by atoms with Gasteiger partial charge >= 0.3 is 6.18 Å². The van der Waals surface area contributed by atoms with Gasteiger partial charge in [-0.25, -0.2) is 0 Å². The van der Waals surface area contributed by atoms with Gasteiger partial charge in [0.1, 0.15) is 0 Å². The lowest BCUT2D eigenvalue weighted by atomic mass is 10.0. The Bertz CT molecular complexity index is 824. The van der Waals surface area contributed by atoms with E-state index in [1.807, 2.05) is 20.8 Å². The molecule has 0 bridgehead atoms. The molecule has 5 nitrogen and oxygen atoms in total. The normalized spacial score (nSPS) is 15.7. The zero-order valence-electron chi connectivity index (χ0n) is 16.1. The average Bonchev–Trinajstić information content (AvgIpc) is 3.36. The number of nitrogens with zero attached hydrogens (tertiary/aromatic N) is 1. The lowest BCUT2D eigenvalue weighted by Crippen LogP contribution is -2.37. The van der Waals surface area contributed by atoms with Crippen LogP contribution in [-0.2, 0) is 12.7 Å². The molecule has 0 saturated heterocycles. The zero-order valence-corrected chi connectivity index (χ0v) is 16.1. The predicted molar refractivity (Wildman–Crippen MR) is 98.6 cm³/mol. The van der Waals surface area contributed by atoms with Crippen LogP contribution in [0.25, 0.3) is 11.3 Å². The van der Waals surface area contributed by atoms with E-state index in [2.05, 4.69) is 15.8 Å². The Morgan fingerprint density at radius 2 is 1.86 bits per heavy atom. The fraction of sp³-hybridized carbons (Fsp3) is 0.500. The smallest absolute Gasteiger partial charge is 0.355 e. The van der Waals surface area contributed by atoms with Crippen LogP contribution < -0.4 is 10.6 Å². The van der Waals surface area contributed by atoms with E-state index in [0.717, 1.165) is 25.0 Å². The van der Waals surface area contributed by atoms with Gasteiger partial charge in [-0.1, -0.05) is 31.1 Å². The standard InChI is InChI=1S/C20H24F3N3O2/c1-11(2)12(3)25-19(27)17-16(10-24-15-8-9-15)18(28-26-17)13-4-6-14(7-5-13)20(21,22)23/h4-7,11-12,15,24H,8-10H2,1-3H3,(H,25,27). The van der Waals surface area contributed by atoms with Gasteiger partial charge in [0.05, 0.1) is 5.56 Å². The van der Waals surface area contributed by atoms with Crippen molar-refractivity contribution in [2.75, 3.05) is 0 Å². The molecular weight excluding hydrogens is 371 g/mol. The summed E-state index contributed by atoms with van der Waals surface area (Å²) >= 11 is 0. The molecule has 152 valence electrons. The van der Waals surface area contributed by atoms with Gasteiger partial charge in [-0.2, -0.15) is 13.2 Å². The summed E-state index contributed by atoms with van der Waals surface area (Å²) in [6.07, 6.45) is -2.28. The summed E-state index contributed by atoms with van der Waals surface area (Å²) in [6, 6.07) is 5.00. The maximum Gasteiger partial charge on any atom is 0.416 e. The van der Waals surface area contributed by atoms with Crippen LogP contribution in [-0.4, -0.2) is 23.1 Å². The van der Waals surface area contributed by atoms with Gasteiger partial charge in [0, 0.05) is 29.8 Å². The van der Waals surface area contributed by atoms with Crippen molar-refractivity contribution in [1.82, 2.24) is 15.8 Å². The zero-order chi connectivity index (χ0) is 20.5. The molecule has 1 saturated carbocycles. The molecular formula is C20H24F3N3O2. The number of halogens is 3. The van der Waals surface area contributed by atoms with Crippen molar-refractivity contribution in [1.29, 1.82) is 0 Å². The minimum Gasteiger partial charge on any atom is -0.355 e. The summed E-state index contributed by atoms with van der Waals surface area (Å²) in [5.74, 6) is 0.207. The number of carbonyl (C=O) groups is 1. The van der Waals surface area contributed by atoms with Crippen LogP contribution in [0.4, 0.5) is 13.2 Å². The molecule has 1 unspecified atom stereocenters. The Kier molecular flexibility index (Phi) is 5.79. The predicted octanol–water partition coefficient (Wildman–Crippen LogP) is 4.39. The molecule has 3 rings (SSSR count). The maximum absolute atomic E-state index is 12.8. The van der Waals surface area contributed by atoms with E-state index in [0.29, 0.717) is 29.5 Å². The van der Waals surface area contributed by atoms with Gasteiger partial charge in [-0.15, -0.1) is 0 Å². The topological polar surface area (TPSA) is 67.2 Å². The SMILES string of the molecule is CC(C)C(C)NC(=O)c1noc(-c2ccc(C(F)(F)F)cc2)c1CNC1CC1. The van der Waals surface area contributed by atoms with E-state index in [4.69, 9.17) is 4.52 Å². The number of amides is 1. The van der Waals surface area contributed by atoms with Crippen molar-refractivity contribution < 1.29 is 22.5 Å². The summed E-state index contributed by atoms with van der Waals surface area (Å²) < 4.78 is 43.8. The van der Waals surface area contributed by atoms with E-state index < -0.39 is 11.7 Å². The lowest BCUT2D eigenvalue weighted by molar-refractivity contribution is -0.137. The highest BCUT2D eigenvalue weighted by Gasteiger charge is 2.31. The van der Waals surface area contributed by atoms with Crippen molar-refractivity contribution in [3.05, 3.63) is 41.1 Å². The molecule has 1 amide bonds. The number of benzene rings is 1. The van der Waals surface area contributed by atoms with E-state index in [1.165, 1.54) is 12.1 Å². The second-order valence-corrected chi connectivity index (χ2v) is 7.58. The summed E-state index contributed by atoms with van der Waals surface area (Å²) in [6.45, 7) is 6.26. The summed E-state index contributed by atoms with van der Waals surface area (Å²) in [5, 5.41) is 10.1. The van der Waals surface area contributed by atoms with Gasteiger partial charge in [-0.05, 0) is 37.8 Å². The number of carbonyl (C=O) groups excluding carboxylic acids is 1. The van der Waals surface area contributed by atoms with Crippen molar-refractivity contribution in [2.24, 2.45) is 5.92 Å². The molecule has 1 heterocycles. The van der Waals surface area contributed by atoms with E-state index in [9.17, 15) is 18.0 Å². The van der Waals surface area contributed by atoms with Crippen molar-refractivity contribution in [3.63, 3.8) is 0 Å². The molecule has 0 aliphatic heterocycles. The quantitative estimate of drug-likeness (QED) is 0.730. The Hall–Kier alpha value is -2.35. The molecule has 1 aliphatic carbocycles. The van der Waals surface area contributed by atoms with E-state index >= 15 is 0 Å². The van der Waals surface area contributed by atoms with Crippen LogP contribution in [0.1, 0.15) is 55.2 Å². The molecule has 28 heavy (non-hydrogen) atoms. The van der Waals surface area contributed by atoms with Crippen LogP contribution in [0.15, 0.2) is 28.8 Å². The van der Waals surface area contributed by atoms with E-state index in [-0.39, 0.29) is 23.6 Å². The van der Waals surface area contributed by atoms with Gasteiger partial charge in [0.2, 0.25) is 0 Å². The molecule has 0 radical (unpaired) electrons. The third kappa shape index (κ3) is 4.73. The average molecular weight is 395 g/mol. The van der Waals surface area contributed by atoms with Crippen LogP contribution in [0.2, 0.25) is 0 Å². The van der Waals surface area contributed by atoms with Crippen molar-refractivity contribution in [3.8, 4) is 11.3 Å². The number of hydrogen-bond acceptors (Lipinski definition) is 4. The first kappa shape index (κ1) is 20.4. The Balaban J connectivity index is 1.89. The van der Waals surface area contributed by atoms with Crippen LogP contribution >= 0.6 is 0 Å². The first-order chi connectivity index (χ1) is 13.2. The van der Waals surface area contributed by atoms with Crippen LogP contribution in [0.3, 0.4) is 0 Å². The molecule has 0 spiro atoms. The third-order valence-corrected chi connectivity index (χ3v) is 4.98. The van der Waals surface area contributed by atoms with Gasteiger partial charge in [-0.3, -0.25) is 4.79 Å². The molecule has 1 aromatic heterocycles. The molecule has 8 heteroatoms. The van der Waals surface area contributed by atoms with E-state index in [1.54, 1.807) is 0 Å². The molecule has 1 aromatic carbocycles. The molecule has 1 atom stereocenters. The highest BCUT2D eigenvalue weighted by atomic mass is 19.4. The maximum atomic E-state index is 12.8. The minimum atomic E-state index is -4.41. The van der Waals surface area contributed by atoms with Crippen molar-refractivity contribution in [2.45, 2.75) is 58.4 Å². The molecule has 2 aromatic rings. The van der Waals surface area contributed by atoms with Crippen LogP contribution in [0, 0.1) is 5.92 Å².